The Bertz CT molecular complexity index is 345. The molecule has 1 aliphatic rings. The first-order valence-electron chi connectivity index (χ1n) is 5.35. The van der Waals surface area contributed by atoms with Crippen LogP contribution in [0.5, 0.6) is 0 Å². The van der Waals surface area contributed by atoms with E-state index in [2.05, 4.69) is 4.74 Å². The van der Waals surface area contributed by atoms with E-state index >= 15 is 0 Å². The molecule has 1 fully saturated rings. The van der Waals surface area contributed by atoms with Crippen LogP contribution in [0.1, 0.15) is 26.2 Å². The van der Waals surface area contributed by atoms with Crippen molar-refractivity contribution in [1.29, 1.82) is 0 Å². The summed E-state index contributed by atoms with van der Waals surface area (Å²) in [6, 6.07) is 0. The summed E-state index contributed by atoms with van der Waals surface area (Å²) in [5, 5.41) is 10.3. The molecule has 1 heterocycles. The van der Waals surface area contributed by atoms with Gasteiger partial charge in [-0.1, -0.05) is 6.92 Å². The zero-order valence-corrected chi connectivity index (χ0v) is 10.4. The van der Waals surface area contributed by atoms with Gasteiger partial charge in [-0.05, 0) is 19.3 Å². The van der Waals surface area contributed by atoms with Crippen molar-refractivity contribution in [2.45, 2.75) is 31.8 Å². The molecule has 0 aliphatic carbocycles. The number of aliphatic hydroxyl groups is 1. The Hall–Kier alpha value is -0.620. The van der Waals surface area contributed by atoms with Gasteiger partial charge < -0.3 is 9.84 Å². The van der Waals surface area contributed by atoms with Gasteiger partial charge in [0.25, 0.3) is 0 Å². The summed E-state index contributed by atoms with van der Waals surface area (Å²) in [5.41, 5.74) is -1.23. The molecule has 1 rings (SSSR count). The Morgan fingerprint density at radius 2 is 1.94 bits per heavy atom. The van der Waals surface area contributed by atoms with Gasteiger partial charge in [0.05, 0.1) is 30.1 Å². The molecule has 0 aromatic heterocycles. The molecule has 16 heavy (non-hydrogen) atoms. The molecule has 1 saturated heterocycles. The predicted octanol–water partition coefficient (Wildman–Crippen LogP) is 0.125. The van der Waals surface area contributed by atoms with Crippen molar-refractivity contribution >= 4 is 15.8 Å². The van der Waals surface area contributed by atoms with E-state index in [0.29, 0.717) is 6.42 Å². The second kappa shape index (κ2) is 4.71. The number of esters is 1. The fraction of sp³-hybridized carbons (Fsp3) is 0.900. The first-order valence-corrected chi connectivity index (χ1v) is 7.17. The second-order valence-electron chi connectivity index (χ2n) is 4.24. The van der Waals surface area contributed by atoms with Gasteiger partial charge in [-0.15, -0.1) is 0 Å². The minimum absolute atomic E-state index is 0.0585. The molecule has 1 unspecified atom stereocenters. The number of ether oxygens (including phenoxy) is 1. The normalized spacial score (nSPS) is 24.7. The highest BCUT2D eigenvalue weighted by Crippen LogP contribution is 2.33. The van der Waals surface area contributed by atoms with E-state index in [9.17, 15) is 18.3 Å². The van der Waals surface area contributed by atoms with Gasteiger partial charge in [-0.2, -0.15) is 0 Å². The molecule has 0 saturated carbocycles. The van der Waals surface area contributed by atoms with Crippen LogP contribution >= 0.6 is 0 Å². The van der Waals surface area contributed by atoms with Crippen molar-refractivity contribution in [3.05, 3.63) is 0 Å². The van der Waals surface area contributed by atoms with Crippen molar-refractivity contribution in [2.75, 3.05) is 18.6 Å². The zero-order chi connectivity index (χ0) is 12.4. The van der Waals surface area contributed by atoms with Crippen LogP contribution in [0, 0.1) is 5.92 Å². The summed E-state index contributed by atoms with van der Waals surface area (Å²) in [4.78, 5) is 11.5. The first-order chi connectivity index (χ1) is 7.34. The molecule has 94 valence electrons. The third-order valence-electron chi connectivity index (χ3n) is 3.23. The molecule has 0 aromatic carbocycles. The Morgan fingerprint density at radius 1 is 1.44 bits per heavy atom. The maximum atomic E-state index is 11.5. The second-order valence-corrected chi connectivity index (χ2v) is 6.54. The van der Waals surface area contributed by atoms with Gasteiger partial charge in [0, 0.05) is 0 Å². The highest BCUT2D eigenvalue weighted by molar-refractivity contribution is 7.91. The van der Waals surface area contributed by atoms with Crippen LogP contribution in [0.25, 0.3) is 0 Å². The van der Waals surface area contributed by atoms with Crippen LogP contribution in [0.4, 0.5) is 0 Å². The van der Waals surface area contributed by atoms with E-state index in [-0.39, 0.29) is 24.3 Å². The lowest BCUT2D eigenvalue weighted by Crippen LogP contribution is -2.48. The number of carbonyl (C=O) groups is 1. The number of sulfone groups is 1. The number of methoxy groups -OCH3 is 1. The molecule has 0 aromatic rings. The van der Waals surface area contributed by atoms with Gasteiger partial charge in [-0.3, -0.25) is 4.79 Å². The fourth-order valence-corrected chi connectivity index (χ4v) is 3.68. The highest BCUT2D eigenvalue weighted by Gasteiger charge is 2.44. The largest absolute Gasteiger partial charge is 0.469 e. The molecule has 0 radical (unpaired) electrons. The van der Waals surface area contributed by atoms with Gasteiger partial charge >= 0.3 is 5.97 Å². The number of hydrogen-bond donors (Lipinski definition) is 1. The molecule has 0 spiro atoms. The van der Waals surface area contributed by atoms with Crippen LogP contribution in [-0.2, 0) is 19.4 Å². The van der Waals surface area contributed by atoms with Crippen molar-refractivity contribution < 1.29 is 23.1 Å². The quantitative estimate of drug-likeness (QED) is 0.720. The SMILES string of the molecule is CCC(C(=O)OC)C1(O)CCS(=O)(=O)CC1. The summed E-state index contributed by atoms with van der Waals surface area (Å²) in [7, 11) is -1.77. The topological polar surface area (TPSA) is 80.7 Å². The fourth-order valence-electron chi connectivity index (χ4n) is 2.15. The lowest BCUT2D eigenvalue weighted by molar-refractivity contribution is -0.157. The lowest BCUT2D eigenvalue weighted by atomic mass is 9.81. The van der Waals surface area contributed by atoms with Crippen LogP contribution in [0.15, 0.2) is 0 Å². The molecule has 5 nitrogen and oxygen atoms in total. The Morgan fingerprint density at radius 3 is 2.31 bits per heavy atom. The third-order valence-corrected chi connectivity index (χ3v) is 4.89. The van der Waals surface area contributed by atoms with E-state index in [0.717, 1.165) is 0 Å². The van der Waals surface area contributed by atoms with Crippen molar-refractivity contribution in [3.8, 4) is 0 Å². The van der Waals surface area contributed by atoms with Crippen LogP contribution in [0.2, 0.25) is 0 Å². The molecule has 0 bridgehead atoms. The van der Waals surface area contributed by atoms with Crippen molar-refractivity contribution in [3.63, 3.8) is 0 Å². The molecule has 1 aliphatic heterocycles. The van der Waals surface area contributed by atoms with Crippen LogP contribution in [-0.4, -0.2) is 43.7 Å². The zero-order valence-electron chi connectivity index (χ0n) is 9.60. The van der Waals surface area contributed by atoms with Gasteiger partial charge in [-0.25, -0.2) is 8.42 Å². The molecular formula is C10H18O5S. The molecule has 6 heteroatoms. The van der Waals surface area contributed by atoms with Crippen LogP contribution < -0.4 is 0 Å². The van der Waals surface area contributed by atoms with E-state index in [4.69, 9.17) is 0 Å². The van der Waals surface area contributed by atoms with Crippen molar-refractivity contribution in [1.82, 2.24) is 0 Å². The van der Waals surface area contributed by atoms with Gasteiger partial charge in [0.15, 0.2) is 9.84 Å². The third kappa shape index (κ3) is 2.74. The Kier molecular flexibility index (Phi) is 3.96. The predicted molar refractivity (Wildman–Crippen MR) is 58.6 cm³/mol. The molecule has 0 amide bonds. The minimum atomic E-state index is -3.04. The maximum Gasteiger partial charge on any atom is 0.311 e. The highest BCUT2D eigenvalue weighted by atomic mass is 32.2. The standard InChI is InChI=1S/C10H18O5S/c1-3-8(9(11)15-2)10(12)4-6-16(13,14)7-5-10/h8,12H,3-7H2,1-2H3. The molecular weight excluding hydrogens is 232 g/mol. The minimum Gasteiger partial charge on any atom is -0.469 e. The van der Waals surface area contributed by atoms with Gasteiger partial charge in [0.2, 0.25) is 0 Å². The Balaban J connectivity index is 2.82. The summed E-state index contributed by atoms with van der Waals surface area (Å²) in [6.45, 7) is 1.78. The average Bonchev–Trinajstić information content (AvgIpc) is 2.24. The van der Waals surface area contributed by atoms with E-state index < -0.39 is 27.3 Å². The van der Waals surface area contributed by atoms with Gasteiger partial charge in [0.1, 0.15) is 0 Å². The average molecular weight is 250 g/mol. The summed E-state index contributed by atoms with van der Waals surface area (Å²) in [5.74, 6) is -1.22. The van der Waals surface area contributed by atoms with Crippen LogP contribution in [0.3, 0.4) is 0 Å². The monoisotopic (exact) mass is 250 g/mol. The smallest absolute Gasteiger partial charge is 0.311 e. The first kappa shape index (κ1) is 13.4. The van der Waals surface area contributed by atoms with E-state index in [1.165, 1.54) is 7.11 Å². The number of carbonyl (C=O) groups excluding carboxylic acids is 1. The Labute approximate surface area is 95.7 Å². The maximum absolute atomic E-state index is 11.5. The van der Waals surface area contributed by atoms with Crippen molar-refractivity contribution in [2.24, 2.45) is 5.92 Å². The summed E-state index contributed by atoms with van der Waals surface area (Å²) >= 11 is 0. The lowest BCUT2D eigenvalue weighted by Gasteiger charge is -2.36. The number of rotatable bonds is 3. The summed E-state index contributed by atoms with van der Waals surface area (Å²) < 4.78 is 27.1. The summed E-state index contributed by atoms with van der Waals surface area (Å²) in [6.07, 6.45) is 0.676. The molecule has 1 N–H and O–H groups in total. The van der Waals surface area contributed by atoms with E-state index in [1.807, 2.05) is 0 Å². The number of hydrogen-bond acceptors (Lipinski definition) is 5. The molecule has 1 atom stereocenters. The van der Waals surface area contributed by atoms with E-state index in [1.54, 1.807) is 6.92 Å².